The van der Waals surface area contributed by atoms with Crippen LogP contribution in [0.4, 0.5) is 5.82 Å². The van der Waals surface area contributed by atoms with Crippen LogP contribution in [0.2, 0.25) is 5.28 Å². The summed E-state index contributed by atoms with van der Waals surface area (Å²) in [5.41, 5.74) is 0.727. The Kier molecular flexibility index (Phi) is 5.68. The first-order chi connectivity index (χ1) is 9.79. The van der Waals surface area contributed by atoms with Crippen LogP contribution in [0.25, 0.3) is 0 Å². The van der Waals surface area contributed by atoms with Crippen molar-refractivity contribution in [3.05, 3.63) is 17.0 Å². The van der Waals surface area contributed by atoms with Crippen molar-refractivity contribution in [2.75, 3.05) is 18.5 Å². The summed E-state index contributed by atoms with van der Waals surface area (Å²) < 4.78 is 5.10. The molecule has 0 saturated heterocycles. The molecule has 0 bridgehead atoms. The highest BCUT2D eigenvalue weighted by molar-refractivity contribution is 6.28. The van der Waals surface area contributed by atoms with E-state index < -0.39 is 0 Å². The zero-order chi connectivity index (χ0) is 14.2. The van der Waals surface area contributed by atoms with Crippen LogP contribution in [0, 0.1) is 24.2 Å². The van der Waals surface area contributed by atoms with Gasteiger partial charge in [0, 0.05) is 12.2 Å². The Balaban J connectivity index is 2.04. The normalized spacial score (nSPS) is 14.4. The van der Waals surface area contributed by atoms with Crippen molar-refractivity contribution in [2.45, 2.75) is 31.7 Å². The van der Waals surface area contributed by atoms with Crippen molar-refractivity contribution >= 4 is 17.4 Å². The van der Waals surface area contributed by atoms with Crippen LogP contribution in [0.15, 0.2) is 6.20 Å². The topological polar surface area (TPSA) is 47.0 Å². The zero-order valence-electron chi connectivity index (χ0n) is 11.2. The molecule has 0 spiro atoms. The third-order valence-electron chi connectivity index (χ3n) is 3.04. The summed E-state index contributed by atoms with van der Waals surface area (Å²) in [5, 5.41) is 3.61. The third kappa shape index (κ3) is 4.42. The van der Waals surface area contributed by atoms with Gasteiger partial charge in [-0.3, -0.25) is 0 Å². The molecule has 0 amide bonds. The Labute approximate surface area is 124 Å². The Morgan fingerprint density at radius 1 is 1.40 bits per heavy atom. The largest absolute Gasteiger partial charge is 0.366 e. The maximum atomic E-state index is 5.85. The highest BCUT2D eigenvalue weighted by Crippen LogP contribution is 2.23. The number of nitrogens with zero attached hydrogens (tertiary/aromatic N) is 2. The second kappa shape index (κ2) is 7.75. The third-order valence-corrected chi connectivity index (χ3v) is 3.22. The number of anilines is 1. The summed E-state index contributed by atoms with van der Waals surface area (Å²) in [6, 6.07) is 0.444. The minimum absolute atomic E-state index is 0.222. The molecule has 0 unspecified atom stereocenters. The highest BCUT2D eigenvalue weighted by atomic mass is 35.5. The van der Waals surface area contributed by atoms with E-state index in [1.54, 1.807) is 6.20 Å². The van der Waals surface area contributed by atoms with E-state index in [1.807, 2.05) is 0 Å². The van der Waals surface area contributed by atoms with Crippen LogP contribution >= 0.6 is 11.6 Å². The lowest BCUT2D eigenvalue weighted by atomic mass is 10.2. The molecule has 0 aromatic carbocycles. The molecule has 1 aliphatic rings. The molecule has 0 aliphatic heterocycles. The molecule has 1 heterocycles. The Hall–Kier alpha value is -1.75. The standard InChI is InChI=1S/C15H16ClN3O/c1-2-9-20-10-5-6-12-11-17-15(16)19-14(12)18-13-7-3-4-8-13/h1,11,13H,3-4,7-10H2,(H,17,18,19). The van der Waals surface area contributed by atoms with Gasteiger partial charge < -0.3 is 10.1 Å². The molecule has 1 N–H and O–H groups in total. The minimum Gasteiger partial charge on any atom is -0.366 e. The lowest BCUT2D eigenvalue weighted by molar-refractivity contribution is 0.205. The number of hydrogen-bond acceptors (Lipinski definition) is 4. The molecule has 1 fully saturated rings. The maximum Gasteiger partial charge on any atom is 0.224 e. The number of hydrogen-bond donors (Lipinski definition) is 1. The predicted octanol–water partition coefficient (Wildman–Crippen LogP) is 2.49. The number of terminal acetylenes is 1. The fourth-order valence-electron chi connectivity index (χ4n) is 2.12. The van der Waals surface area contributed by atoms with E-state index in [0.717, 1.165) is 18.4 Å². The second-order valence-corrected chi connectivity index (χ2v) is 4.86. The molecule has 1 saturated carbocycles. The van der Waals surface area contributed by atoms with Crippen molar-refractivity contribution < 1.29 is 4.74 Å². The van der Waals surface area contributed by atoms with Crippen molar-refractivity contribution in [2.24, 2.45) is 0 Å². The fraction of sp³-hybridized carbons (Fsp3) is 0.467. The van der Waals surface area contributed by atoms with Gasteiger partial charge in [0.2, 0.25) is 5.28 Å². The van der Waals surface area contributed by atoms with Gasteiger partial charge in [0.25, 0.3) is 0 Å². The predicted molar refractivity (Wildman–Crippen MR) is 79.5 cm³/mol. The molecule has 4 nitrogen and oxygen atoms in total. The summed E-state index contributed by atoms with van der Waals surface area (Å²) in [7, 11) is 0. The average Bonchev–Trinajstić information content (AvgIpc) is 2.94. The van der Waals surface area contributed by atoms with Gasteiger partial charge in [-0.2, -0.15) is 4.98 Å². The van der Waals surface area contributed by atoms with Crippen LogP contribution < -0.4 is 5.32 Å². The summed E-state index contributed by atoms with van der Waals surface area (Å²) in [5.74, 6) is 8.96. The van der Waals surface area contributed by atoms with E-state index in [1.165, 1.54) is 12.8 Å². The van der Waals surface area contributed by atoms with Crippen LogP contribution in [0.3, 0.4) is 0 Å². The van der Waals surface area contributed by atoms with E-state index in [9.17, 15) is 0 Å². The van der Waals surface area contributed by atoms with Crippen molar-refractivity contribution in [1.82, 2.24) is 9.97 Å². The highest BCUT2D eigenvalue weighted by Gasteiger charge is 2.16. The summed E-state index contributed by atoms with van der Waals surface area (Å²) in [6.45, 7) is 0.550. The van der Waals surface area contributed by atoms with Gasteiger partial charge in [-0.15, -0.1) is 6.42 Å². The van der Waals surface area contributed by atoms with E-state index in [4.69, 9.17) is 22.8 Å². The number of ether oxygens (including phenoxy) is 1. The maximum absolute atomic E-state index is 5.85. The Bertz CT molecular complexity index is 550. The smallest absolute Gasteiger partial charge is 0.224 e. The van der Waals surface area contributed by atoms with E-state index in [-0.39, 0.29) is 18.5 Å². The number of halogens is 1. The molecular weight excluding hydrogens is 274 g/mol. The van der Waals surface area contributed by atoms with Crippen LogP contribution in [0.1, 0.15) is 31.2 Å². The molecule has 20 heavy (non-hydrogen) atoms. The van der Waals surface area contributed by atoms with Crippen LogP contribution in [0.5, 0.6) is 0 Å². The molecule has 1 aromatic rings. The van der Waals surface area contributed by atoms with Gasteiger partial charge in [0.15, 0.2) is 0 Å². The van der Waals surface area contributed by atoms with Crippen LogP contribution in [-0.2, 0) is 4.74 Å². The van der Waals surface area contributed by atoms with Gasteiger partial charge in [-0.1, -0.05) is 30.6 Å². The summed E-state index contributed by atoms with van der Waals surface area (Å²) in [4.78, 5) is 8.19. The molecule has 1 aliphatic carbocycles. The molecule has 104 valence electrons. The fourth-order valence-corrected chi connectivity index (χ4v) is 2.25. The zero-order valence-corrected chi connectivity index (χ0v) is 11.9. The first kappa shape index (κ1) is 14.7. The van der Waals surface area contributed by atoms with Crippen molar-refractivity contribution in [3.8, 4) is 24.2 Å². The van der Waals surface area contributed by atoms with Gasteiger partial charge in [-0.05, 0) is 24.4 Å². The molecule has 0 radical (unpaired) electrons. The molecule has 1 aromatic heterocycles. The summed E-state index contributed by atoms with van der Waals surface area (Å²) in [6.07, 6.45) is 11.5. The second-order valence-electron chi connectivity index (χ2n) is 4.53. The lowest BCUT2D eigenvalue weighted by Gasteiger charge is -2.13. The number of rotatable bonds is 4. The van der Waals surface area contributed by atoms with E-state index in [0.29, 0.717) is 11.9 Å². The Morgan fingerprint density at radius 3 is 2.95 bits per heavy atom. The monoisotopic (exact) mass is 289 g/mol. The van der Waals surface area contributed by atoms with Gasteiger partial charge >= 0.3 is 0 Å². The van der Waals surface area contributed by atoms with Crippen molar-refractivity contribution in [3.63, 3.8) is 0 Å². The van der Waals surface area contributed by atoms with Gasteiger partial charge in [0.1, 0.15) is 19.0 Å². The first-order valence-corrected chi connectivity index (χ1v) is 6.96. The van der Waals surface area contributed by atoms with Gasteiger partial charge in [-0.25, -0.2) is 4.98 Å². The number of aromatic nitrogens is 2. The van der Waals surface area contributed by atoms with Gasteiger partial charge in [0.05, 0.1) is 5.56 Å². The van der Waals surface area contributed by atoms with Crippen molar-refractivity contribution in [1.29, 1.82) is 0 Å². The quantitative estimate of drug-likeness (QED) is 0.525. The SMILES string of the molecule is C#CCOCC#Cc1cnc(Cl)nc1NC1CCCC1. The van der Waals surface area contributed by atoms with E-state index in [2.05, 4.69) is 33.0 Å². The minimum atomic E-state index is 0.222. The molecular formula is C15H16ClN3O. The molecule has 2 rings (SSSR count). The summed E-state index contributed by atoms with van der Waals surface area (Å²) >= 11 is 5.85. The molecule has 5 heteroatoms. The average molecular weight is 290 g/mol. The lowest BCUT2D eigenvalue weighted by Crippen LogP contribution is -2.16. The molecule has 0 atom stereocenters. The Morgan fingerprint density at radius 2 is 2.20 bits per heavy atom. The number of nitrogens with one attached hydrogen (secondary N) is 1. The first-order valence-electron chi connectivity index (χ1n) is 6.58. The van der Waals surface area contributed by atoms with E-state index >= 15 is 0 Å². The van der Waals surface area contributed by atoms with Crippen LogP contribution in [-0.4, -0.2) is 29.2 Å².